The third kappa shape index (κ3) is 4.13. The largest absolute Gasteiger partial charge is 0.387 e. The van der Waals surface area contributed by atoms with E-state index in [2.05, 4.69) is 20.9 Å². The maximum absolute atomic E-state index is 10.3. The zero-order chi connectivity index (χ0) is 15.2. The van der Waals surface area contributed by atoms with E-state index in [1.54, 1.807) is 0 Å². The van der Waals surface area contributed by atoms with Gasteiger partial charge in [0.25, 0.3) is 0 Å². The molecule has 0 aliphatic carbocycles. The van der Waals surface area contributed by atoms with Crippen LogP contribution in [0.25, 0.3) is 0 Å². The number of piperazine rings is 1. The molecular formula is C18H23N3O. The van der Waals surface area contributed by atoms with E-state index < -0.39 is 6.10 Å². The van der Waals surface area contributed by atoms with E-state index in [4.69, 9.17) is 0 Å². The fraction of sp³-hybridized carbons (Fsp3) is 0.389. The van der Waals surface area contributed by atoms with E-state index in [1.165, 1.54) is 0 Å². The van der Waals surface area contributed by atoms with Crippen LogP contribution in [-0.2, 0) is 6.54 Å². The van der Waals surface area contributed by atoms with Gasteiger partial charge in [0, 0.05) is 45.5 Å². The Labute approximate surface area is 132 Å². The van der Waals surface area contributed by atoms with Gasteiger partial charge in [-0.2, -0.15) is 0 Å². The van der Waals surface area contributed by atoms with Crippen LogP contribution in [0, 0.1) is 0 Å². The smallest absolute Gasteiger partial charge is 0.0916 e. The van der Waals surface area contributed by atoms with Crippen LogP contribution >= 0.6 is 0 Å². The zero-order valence-corrected chi connectivity index (χ0v) is 12.8. The molecule has 2 heterocycles. The fourth-order valence-electron chi connectivity index (χ4n) is 2.88. The van der Waals surface area contributed by atoms with Gasteiger partial charge in [-0.05, 0) is 17.7 Å². The number of aliphatic hydroxyl groups excluding tert-OH is 1. The van der Waals surface area contributed by atoms with Gasteiger partial charge in [-0.1, -0.05) is 36.4 Å². The lowest BCUT2D eigenvalue weighted by molar-refractivity contribution is 0.0697. The summed E-state index contributed by atoms with van der Waals surface area (Å²) in [5.74, 6) is 0. The number of β-amino-alcohol motifs (C(OH)–C–C–N with tert-alkyl or cyclic N) is 1. The highest BCUT2D eigenvalue weighted by molar-refractivity contribution is 5.17. The van der Waals surface area contributed by atoms with Gasteiger partial charge in [-0.25, -0.2) is 0 Å². The molecule has 0 spiro atoms. The third-order valence-electron chi connectivity index (χ3n) is 4.19. The second-order valence-electron chi connectivity index (χ2n) is 5.82. The zero-order valence-electron chi connectivity index (χ0n) is 12.8. The number of aromatic nitrogens is 1. The van der Waals surface area contributed by atoms with Crippen LogP contribution in [0.3, 0.4) is 0 Å². The van der Waals surface area contributed by atoms with E-state index in [0.717, 1.165) is 44.0 Å². The van der Waals surface area contributed by atoms with Crippen molar-refractivity contribution in [2.45, 2.75) is 12.6 Å². The minimum absolute atomic E-state index is 0.399. The Bertz CT molecular complexity index is 553. The Morgan fingerprint density at radius 3 is 2.27 bits per heavy atom. The first kappa shape index (κ1) is 15.2. The lowest BCUT2D eigenvalue weighted by Crippen LogP contribution is -2.47. The molecule has 116 valence electrons. The van der Waals surface area contributed by atoms with Gasteiger partial charge >= 0.3 is 0 Å². The molecule has 4 heteroatoms. The number of rotatable bonds is 5. The Hall–Kier alpha value is -1.75. The van der Waals surface area contributed by atoms with Crippen LogP contribution in [0.15, 0.2) is 54.7 Å². The van der Waals surface area contributed by atoms with Crippen molar-refractivity contribution in [3.63, 3.8) is 0 Å². The number of hydrogen-bond donors (Lipinski definition) is 1. The molecule has 1 aromatic carbocycles. The molecule has 4 nitrogen and oxygen atoms in total. The molecule has 0 bridgehead atoms. The highest BCUT2D eigenvalue weighted by Gasteiger charge is 2.20. The predicted octanol–water partition coefficient (Wildman–Crippen LogP) is 1.93. The topological polar surface area (TPSA) is 39.6 Å². The Balaban J connectivity index is 1.46. The second-order valence-corrected chi connectivity index (χ2v) is 5.82. The molecule has 1 fully saturated rings. The predicted molar refractivity (Wildman–Crippen MR) is 87.4 cm³/mol. The fourth-order valence-corrected chi connectivity index (χ4v) is 2.88. The molecule has 1 saturated heterocycles. The highest BCUT2D eigenvalue weighted by Crippen LogP contribution is 2.15. The average molecular weight is 297 g/mol. The van der Waals surface area contributed by atoms with Crippen LogP contribution in [0.4, 0.5) is 0 Å². The number of benzene rings is 1. The summed E-state index contributed by atoms with van der Waals surface area (Å²) in [6.07, 6.45) is 1.45. The van der Waals surface area contributed by atoms with E-state index in [0.29, 0.717) is 6.54 Å². The minimum Gasteiger partial charge on any atom is -0.387 e. The van der Waals surface area contributed by atoms with Crippen LogP contribution in [0.5, 0.6) is 0 Å². The van der Waals surface area contributed by atoms with Gasteiger partial charge in [-0.3, -0.25) is 14.8 Å². The summed E-state index contributed by atoms with van der Waals surface area (Å²) in [6.45, 7) is 5.67. The number of hydrogen-bond acceptors (Lipinski definition) is 4. The lowest BCUT2D eigenvalue weighted by Gasteiger charge is -2.35. The van der Waals surface area contributed by atoms with Gasteiger partial charge in [-0.15, -0.1) is 0 Å². The van der Waals surface area contributed by atoms with Crippen molar-refractivity contribution < 1.29 is 5.11 Å². The summed E-state index contributed by atoms with van der Waals surface area (Å²) in [7, 11) is 0. The minimum atomic E-state index is -0.399. The normalized spacial score (nSPS) is 18.2. The molecule has 22 heavy (non-hydrogen) atoms. The highest BCUT2D eigenvalue weighted by atomic mass is 16.3. The van der Waals surface area contributed by atoms with E-state index in [-0.39, 0.29) is 0 Å². The molecule has 1 aliphatic heterocycles. The van der Waals surface area contributed by atoms with Crippen molar-refractivity contribution in [1.82, 2.24) is 14.8 Å². The molecule has 0 saturated carbocycles. The van der Waals surface area contributed by atoms with Crippen molar-refractivity contribution >= 4 is 0 Å². The van der Waals surface area contributed by atoms with E-state index >= 15 is 0 Å². The molecule has 0 radical (unpaired) electrons. The SMILES string of the molecule is OC(CN1CCN(Cc2ccccn2)CC1)c1ccccc1. The summed E-state index contributed by atoms with van der Waals surface area (Å²) >= 11 is 0. The van der Waals surface area contributed by atoms with Crippen LogP contribution in [0.1, 0.15) is 17.4 Å². The molecule has 1 aromatic heterocycles. The van der Waals surface area contributed by atoms with Crippen LogP contribution in [-0.4, -0.2) is 52.6 Å². The van der Waals surface area contributed by atoms with Gasteiger partial charge in [0.05, 0.1) is 11.8 Å². The summed E-state index contributed by atoms with van der Waals surface area (Å²) in [4.78, 5) is 9.15. The summed E-state index contributed by atoms with van der Waals surface area (Å²) in [5, 5.41) is 10.3. The third-order valence-corrected chi connectivity index (χ3v) is 4.19. The molecule has 1 unspecified atom stereocenters. The van der Waals surface area contributed by atoms with Gasteiger partial charge < -0.3 is 5.11 Å². The van der Waals surface area contributed by atoms with Crippen molar-refractivity contribution in [3.05, 3.63) is 66.0 Å². The average Bonchev–Trinajstić information content (AvgIpc) is 2.58. The van der Waals surface area contributed by atoms with Crippen molar-refractivity contribution in [2.24, 2.45) is 0 Å². The Morgan fingerprint density at radius 2 is 1.59 bits per heavy atom. The summed E-state index contributed by atoms with van der Waals surface area (Å²) < 4.78 is 0. The molecule has 1 aliphatic rings. The molecule has 2 aromatic rings. The number of nitrogens with zero attached hydrogens (tertiary/aromatic N) is 3. The van der Waals surface area contributed by atoms with Crippen LogP contribution < -0.4 is 0 Å². The first-order chi connectivity index (χ1) is 10.8. The molecular weight excluding hydrogens is 274 g/mol. The van der Waals surface area contributed by atoms with Crippen molar-refractivity contribution in [3.8, 4) is 0 Å². The summed E-state index contributed by atoms with van der Waals surface area (Å²) in [6, 6.07) is 16.0. The van der Waals surface area contributed by atoms with Crippen molar-refractivity contribution in [1.29, 1.82) is 0 Å². The first-order valence-corrected chi connectivity index (χ1v) is 7.89. The summed E-state index contributed by atoms with van der Waals surface area (Å²) in [5.41, 5.74) is 2.12. The van der Waals surface area contributed by atoms with E-state index in [1.807, 2.05) is 48.7 Å². The number of aliphatic hydroxyl groups is 1. The molecule has 3 rings (SSSR count). The van der Waals surface area contributed by atoms with Crippen LogP contribution in [0.2, 0.25) is 0 Å². The Morgan fingerprint density at radius 1 is 0.909 bits per heavy atom. The van der Waals surface area contributed by atoms with E-state index in [9.17, 15) is 5.11 Å². The van der Waals surface area contributed by atoms with Gasteiger partial charge in [0.15, 0.2) is 0 Å². The number of pyridine rings is 1. The lowest BCUT2D eigenvalue weighted by atomic mass is 10.1. The molecule has 0 amide bonds. The monoisotopic (exact) mass is 297 g/mol. The van der Waals surface area contributed by atoms with Gasteiger partial charge in [0.1, 0.15) is 0 Å². The Kier molecular flexibility index (Phi) is 5.16. The first-order valence-electron chi connectivity index (χ1n) is 7.89. The molecule has 1 N–H and O–H groups in total. The maximum atomic E-state index is 10.3. The molecule has 1 atom stereocenters. The second kappa shape index (κ2) is 7.49. The maximum Gasteiger partial charge on any atom is 0.0916 e. The standard InChI is InChI=1S/C18H23N3O/c22-18(16-6-2-1-3-7-16)15-21-12-10-20(11-13-21)14-17-8-4-5-9-19-17/h1-9,18,22H,10-15H2. The quantitative estimate of drug-likeness (QED) is 0.915. The van der Waals surface area contributed by atoms with Gasteiger partial charge in [0.2, 0.25) is 0 Å². The van der Waals surface area contributed by atoms with Crippen molar-refractivity contribution in [2.75, 3.05) is 32.7 Å².